The zero-order valence-electron chi connectivity index (χ0n) is 12.8. The molecule has 1 aliphatic rings. The van der Waals surface area contributed by atoms with Crippen molar-refractivity contribution in [3.8, 4) is 0 Å². The van der Waals surface area contributed by atoms with E-state index in [2.05, 4.69) is 27.8 Å². The van der Waals surface area contributed by atoms with Crippen molar-refractivity contribution < 1.29 is 14.4 Å². The first-order chi connectivity index (χ1) is 10.5. The van der Waals surface area contributed by atoms with Crippen LogP contribution in [0.2, 0.25) is 0 Å². The van der Waals surface area contributed by atoms with Crippen LogP contribution in [0.15, 0.2) is 6.07 Å². The number of aromatic amines is 1. The molecule has 2 rings (SSSR count). The molecule has 3 N–H and O–H groups in total. The highest BCUT2D eigenvalue weighted by Crippen LogP contribution is 2.08. The van der Waals surface area contributed by atoms with E-state index in [4.69, 9.17) is 0 Å². The maximum atomic E-state index is 12.1. The summed E-state index contributed by atoms with van der Waals surface area (Å²) < 4.78 is 0. The number of hydrogen-bond acceptors (Lipinski definition) is 4. The number of H-pyrrole nitrogens is 1. The quantitative estimate of drug-likeness (QED) is 0.630. The molecule has 1 aliphatic heterocycles. The number of imide groups is 1. The van der Waals surface area contributed by atoms with Crippen LogP contribution >= 0.6 is 0 Å². The Morgan fingerprint density at radius 1 is 1.41 bits per heavy atom. The average molecular weight is 307 g/mol. The first-order valence-corrected chi connectivity index (χ1v) is 7.38. The van der Waals surface area contributed by atoms with Gasteiger partial charge in [-0.15, -0.1) is 0 Å². The van der Waals surface area contributed by atoms with Crippen LogP contribution in [0, 0.1) is 0 Å². The second-order valence-electron chi connectivity index (χ2n) is 5.44. The molecule has 0 saturated carbocycles. The predicted octanol–water partition coefficient (Wildman–Crippen LogP) is 0.309. The number of hydrogen-bond donors (Lipinski definition) is 3. The van der Waals surface area contributed by atoms with Gasteiger partial charge >= 0.3 is 6.03 Å². The van der Waals surface area contributed by atoms with E-state index in [-0.39, 0.29) is 18.2 Å². The molecule has 1 atom stereocenters. The van der Waals surface area contributed by atoms with Gasteiger partial charge in [0.05, 0.1) is 17.9 Å². The Morgan fingerprint density at radius 3 is 2.82 bits per heavy atom. The van der Waals surface area contributed by atoms with Crippen molar-refractivity contribution in [2.75, 3.05) is 7.05 Å². The lowest BCUT2D eigenvalue weighted by Crippen LogP contribution is -2.32. The van der Waals surface area contributed by atoms with Crippen molar-refractivity contribution in [2.45, 2.75) is 45.2 Å². The molecule has 1 fully saturated rings. The number of rotatable bonds is 7. The molecule has 1 aromatic heterocycles. The molecule has 8 nitrogen and oxygen atoms in total. The zero-order chi connectivity index (χ0) is 16.1. The molecule has 0 bridgehead atoms. The first kappa shape index (κ1) is 16.0. The summed E-state index contributed by atoms with van der Waals surface area (Å²) in [5, 5.41) is 11.7. The van der Waals surface area contributed by atoms with Crippen LogP contribution in [-0.4, -0.2) is 46.0 Å². The molecule has 22 heavy (non-hydrogen) atoms. The van der Waals surface area contributed by atoms with Crippen LogP contribution in [0.1, 0.15) is 37.6 Å². The number of amides is 4. The largest absolute Gasteiger partial charge is 0.340 e. The van der Waals surface area contributed by atoms with Gasteiger partial charge in [-0.1, -0.05) is 13.3 Å². The molecule has 0 aromatic carbocycles. The Bertz CT molecular complexity index is 569. The molecule has 8 heteroatoms. The van der Waals surface area contributed by atoms with E-state index in [1.807, 2.05) is 6.07 Å². The second kappa shape index (κ2) is 7.06. The number of carbonyl (C=O) groups excluding carboxylic acids is 3. The maximum Gasteiger partial charge on any atom is 0.322 e. The van der Waals surface area contributed by atoms with Crippen LogP contribution < -0.4 is 10.6 Å². The lowest BCUT2D eigenvalue weighted by Gasteiger charge is -2.16. The van der Waals surface area contributed by atoms with Gasteiger partial charge in [0.2, 0.25) is 5.91 Å². The molecule has 4 amide bonds. The number of urea groups is 1. The molecule has 2 heterocycles. The molecule has 0 radical (unpaired) electrons. The van der Waals surface area contributed by atoms with Crippen LogP contribution in [0.25, 0.3) is 0 Å². The highest BCUT2D eigenvalue weighted by Gasteiger charge is 2.29. The van der Waals surface area contributed by atoms with Crippen molar-refractivity contribution >= 4 is 17.8 Å². The number of carbonyl (C=O) groups is 3. The van der Waals surface area contributed by atoms with E-state index >= 15 is 0 Å². The normalized spacial score (nSPS) is 17.3. The van der Waals surface area contributed by atoms with Gasteiger partial charge in [0.1, 0.15) is 6.04 Å². The standard InChI is InChI=1S/C14H21N5O3/c1-3-4-9-7-10(18-17-9)8-19(2)12(20)6-5-11-13(21)16-14(22)15-11/h7,11H,3-6,8H2,1-2H3,(H,17,18)(H2,15,16,21,22)/t11-/m0/s1. The minimum Gasteiger partial charge on any atom is -0.340 e. The fourth-order valence-corrected chi connectivity index (χ4v) is 2.34. The first-order valence-electron chi connectivity index (χ1n) is 7.38. The predicted molar refractivity (Wildman–Crippen MR) is 78.8 cm³/mol. The number of nitrogens with zero attached hydrogens (tertiary/aromatic N) is 2. The third kappa shape index (κ3) is 4.06. The number of aromatic nitrogens is 2. The van der Waals surface area contributed by atoms with E-state index in [1.165, 1.54) is 0 Å². The van der Waals surface area contributed by atoms with Crippen LogP contribution in [-0.2, 0) is 22.6 Å². The maximum absolute atomic E-state index is 12.1. The van der Waals surface area contributed by atoms with Crippen molar-refractivity contribution in [1.29, 1.82) is 0 Å². The monoisotopic (exact) mass is 307 g/mol. The number of nitrogens with one attached hydrogen (secondary N) is 3. The van der Waals surface area contributed by atoms with E-state index in [0.29, 0.717) is 13.0 Å². The van der Waals surface area contributed by atoms with E-state index in [1.54, 1.807) is 11.9 Å². The highest BCUT2D eigenvalue weighted by atomic mass is 16.2. The molecule has 0 aliphatic carbocycles. The van der Waals surface area contributed by atoms with Gasteiger partial charge in [0.15, 0.2) is 0 Å². The van der Waals surface area contributed by atoms with Gasteiger partial charge in [0.25, 0.3) is 5.91 Å². The Balaban J connectivity index is 1.79. The molecule has 0 unspecified atom stereocenters. The molecule has 1 aromatic rings. The molecule has 1 saturated heterocycles. The molecular weight excluding hydrogens is 286 g/mol. The third-order valence-corrected chi connectivity index (χ3v) is 3.53. The summed E-state index contributed by atoms with van der Waals surface area (Å²) in [5.41, 5.74) is 1.87. The smallest absolute Gasteiger partial charge is 0.322 e. The van der Waals surface area contributed by atoms with Gasteiger partial charge in [-0.05, 0) is 18.9 Å². The average Bonchev–Trinajstić information content (AvgIpc) is 3.03. The fourth-order valence-electron chi connectivity index (χ4n) is 2.34. The Morgan fingerprint density at radius 2 is 2.18 bits per heavy atom. The van der Waals surface area contributed by atoms with E-state index in [0.717, 1.165) is 24.2 Å². The zero-order valence-corrected chi connectivity index (χ0v) is 12.8. The van der Waals surface area contributed by atoms with Gasteiger partial charge in [0, 0.05) is 13.5 Å². The van der Waals surface area contributed by atoms with E-state index in [9.17, 15) is 14.4 Å². The van der Waals surface area contributed by atoms with Crippen molar-refractivity contribution in [2.24, 2.45) is 0 Å². The Labute approximate surface area is 128 Å². The lowest BCUT2D eigenvalue weighted by molar-refractivity contribution is -0.130. The summed E-state index contributed by atoms with van der Waals surface area (Å²) >= 11 is 0. The van der Waals surface area contributed by atoms with Crippen LogP contribution in [0.5, 0.6) is 0 Å². The Kier molecular flexibility index (Phi) is 5.13. The second-order valence-corrected chi connectivity index (χ2v) is 5.44. The lowest BCUT2D eigenvalue weighted by atomic mass is 10.1. The van der Waals surface area contributed by atoms with Crippen molar-refractivity contribution in [3.63, 3.8) is 0 Å². The summed E-state index contributed by atoms with van der Waals surface area (Å²) in [4.78, 5) is 36.0. The van der Waals surface area contributed by atoms with Gasteiger partial charge < -0.3 is 10.2 Å². The summed E-state index contributed by atoms with van der Waals surface area (Å²) in [7, 11) is 1.70. The van der Waals surface area contributed by atoms with Gasteiger partial charge in [-0.2, -0.15) is 5.10 Å². The van der Waals surface area contributed by atoms with Gasteiger partial charge in [-0.3, -0.25) is 20.0 Å². The number of aryl methyl sites for hydroxylation is 1. The van der Waals surface area contributed by atoms with Crippen molar-refractivity contribution in [3.05, 3.63) is 17.5 Å². The summed E-state index contributed by atoms with van der Waals surface area (Å²) in [6.45, 7) is 2.53. The summed E-state index contributed by atoms with van der Waals surface area (Å²) in [6, 6.07) is 0.836. The minimum absolute atomic E-state index is 0.0828. The van der Waals surface area contributed by atoms with Crippen LogP contribution in [0.3, 0.4) is 0 Å². The molecular formula is C14H21N5O3. The van der Waals surface area contributed by atoms with Crippen molar-refractivity contribution in [1.82, 2.24) is 25.7 Å². The fraction of sp³-hybridized carbons (Fsp3) is 0.571. The van der Waals surface area contributed by atoms with Gasteiger partial charge in [-0.25, -0.2) is 4.79 Å². The summed E-state index contributed by atoms with van der Waals surface area (Å²) in [5.74, 6) is -0.459. The van der Waals surface area contributed by atoms with Crippen LogP contribution in [0.4, 0.5) is 4.79 Å². The topological polar surface area (TPSA) is 107 Å². The molecule has 0 spiro atoms. The Hall–Kier alpha value is -2.38. The minimum atomic E-state index is -0.617. The SMILES string of the molecule is CCCc1cc(CN(C)C(=O)CC[C@@H]2NC(=O)NC2=O)[nH]n1. The highest BCUT2D eigenvalue weighted by molar-refractivity contribution is 6.04. The van der Waals surface area contributed by atoms with E-state index < -0.39 is 12.1 Å². The summed E-state index contributed by atoms with van der Waals surface area (Å²) in [6.07, 6.45) is 2.43. The third-order valence-electron chi connectivity index (χ3n) is 3.53. The molecule has 120 valence electrons.